The van der Waals surface area contributed by atoms with Crippen molar-refractivity contribution in [1.29, 1.82) is 0 Å². The number of nitrogens with zero attached hydrogens (tertiary/aromatic N) is 1. The maximum Gasteiger partial charge on any atom is 0.318 e. The summed E-state index contributed by atoms with van der Waals surface area (Å²) in [5.41, 5.74) is 0.916. The minimum absolute atomic E-state index is 0.139. The molecule has 5 nitrogen and oxygen atoms in total. The van der Waals surface area contributed by atoms with E-state index < -0.39 is 0 Å². The number of hydrogen-bond donors (Lipinski definition) is 1. The van der Waals surface area contributed by atoms with Crippen molar-refractivity contribution in [3.05, 3.63) is 23.8 Å². The molecule has 1 aromatic rings. The number of carbonyl (C=O) groups excluding carboxylic acids is 1. The fraction of sp³-hybridized carbons (Fsp3) is 0.438. The van der Waals surface area contributed by atoms with E-state index in [1.165, 1.54) is 0 Å². The lowest BCUT2D eigenvalue weighted by Gasteiger charge is -2.23. The molecule has 2 amide bonds. The molecule has 0 radical (unpaired) electrons. The van der Waals surface area contributed by atoms with Crippen LogP contribution in [0.1, 0.15) is 18.4 Å². The van der Waals surface area contributed by atoms with E-state index in [-0.39, 0.29) is 18.6 Å². The quantitative estimate of drug-likeness (QED) is 0.815. The van der Waals surface area contributed by atoms with E-state index in [1.54, 1.807) is 19.1 Å². The van der Waals surface area contributed by atoms with Crippen molar-refractivity contribution in [3.8, 4) is 23.8 Å². The minimum atomic E-state index is -0.139. The summed E-state index contributed by atoms with van der Waals surface area (Å²) in [6.45, 7) is 0.707. The Labute approximate surface area is 125 Å². The molecule has 0 unspecified atom stereocenters. The lowest BCUT2D eigenvalue weighted by atomic mass is 10.1. The highest BCUT2D eigenvalue weighted by atomic mass is 16.5. The van der Waals surface area contributed by atoms with Crippen molar-refractivity contribution in [2.75, 3.05) is 20.8 Å². The summed E-state index contributed by atoms with van der Waals surface area (Å²) >= 11 is 0. The maximum atomic E-state index is 12.2. The van der Waals surface area contributed by atoms with Crippen molar-refractivity contribution >= 4 is 6.03 Å². The Bertz CT molecular complexity index is 547. The molecule has 0 spiro atoms. The van der Waals surface area contributed by atoms with Gasteiger partial charge in [-0.3, -0.25) is 0 Å². The van der Waals surface area contributed by atoms with E-state index in [4.69, 9.17) is 15.9 Å². The zero-order chi connectivity index (χ0) is 15.2. The molecule has 0 bridgehead atoms. The van der Waals surface area contributed by atoms with Gasteiger partial charge in [-0.2, -0.15) is 0 Å². The lowest BCUT2D eigenvalue weighted by molar-refractivity contribution is 0.192. The third-order valence-electron chi connectivity index (χ3n) is 3.42. The van der Waals surface area contributed by atoms with Gasteiger partial charge in [0, 0.05) is 11.6 Å². The average molecular weight is 288 g/mol. The number of benzene rings is 1. The first kappa shape index (κ1) is 15.0. The van der Waals surface area contributed by atoms with Gasteiger partial charge in [0.05, 0.1) is 27.3 Å². The molecule has 1 N–H and O–H groups in total. The molecule has 0 heterocycles. The number of amides is 2. The lowest BCUT2D eigenvalue weighted by Crippen LogP contribution is -2.41. The van der Waals surface area contributed by atoms with Gasteiger partial charge in [-0.15, -0.1) is 6.42 Å². The normalized spacial score (nSPS) is 13.2. The summed E-state index contributed by atoms with van der Waals surface area (Å²) in [6, 6.07) is 5.71. The third-order valence-corrected chi connectivity index (χ3v) is 3.42. The summed E-state index contributed by atoms with van der Waals surface area (Å²) in [6.07, 6.45) is 7.23. The molecule has 112 valence electrons. The summed E-state index contributed by atoms with van der Waals surface area (Å²) in [5.74, 6) is 3.90. The van der Waals surface area contributed by atoms with Crippen molar-refractivity contribution in [2.24, 2.45) is 0 Å². The van der Waals surface area contributed by atoms with Crippen LogP contribution < -0.4 is 14.8 Å². The highest BCUT2D eigenvalue weighted by molar-refractivity contribution is 5.75. The Morgan fingerprint density at radius 2 is 2.19 bits per heavy atom. The first-order valence-electron chi connectivity index (χ1n) is 6.88. The molecule has 0 atom stereocenters. The van der Waals surface area contributed by atoms with Crippen LogP contribution in [-0.2, 0) is 6.54 Å². The SMILES string of the molecule is C#CCNC(=O)N(Cc1cc(OC)ccc1OC)C1CC1. The summed E-state index contributed by atoms with van der Waals surface area (Å²) in [4.78, 5) is 14.0. The molecular weight excluding hydrogens is 268 g/mol. The van der Waals surface area contributed by atoms with Crippen molar-refractivity contribution in [1.82, 2.24) is 10.2 Å². The van der Waals surface area contributed by atoms with E-state index in [0.29, 0.717) is 6.54 Å². The number of urea groups is 1. The maximum absolute atomic E-state index is 12.2. The van der Waals surface area contributed by atoms with Crippen LogP contribution in [0.25, 0.3) is 0 Å². The monoisotopic (exact) mass is 288 g/mol. The highest BCUT2D eigenvalue weighted by Crippen LogP contribution is 2.31. The molecule has 5 heteroatoms. The van der Waals surface area contributed by atoms with Crippen LogP contribution in [0.5, 0.6) is 11.5 Å². The zero-order valence-corrected chi connectivity index (χ0v) is 12.4. The molecule has 1 aliphatic rings. The molecule has 1 fully saturated rings. The number of methoxy groups -OCH3 is 2. The smallest absolute Gasteiger partial charge is 0.318 e. The van der Waals surface area contributed by atoms with Crippen LogP contribution in [0.2, 0.25) is 0 Å². The first-order chi connectivity index (χ1) is 10.2. The molecular formula is C16H20N2O3. The number of nitrogens with one attached hydrogen (secondary N) is 1. The molecule has 21 heavy (non-hydrogen) atoms. The average Bonchev–Trinajstić information content (AvgIpc) is 3.34. The van der Waals surface area contributed by atoms with Crippen molar-refractivity contribution in [2.45, 2.75) is 25.4 Å². The first-order valence-corrected chi connectivity index (χ1v) is 6.88. The van der Waals surface area contributed by atoms with Gasteiger partial charge in [-0.1, -0.05) is 5.92 Å². The second-order valence-electron chi connectivity index (χ2n) is 4.90. The van der Waals surface area contributed by atoms with Gasteiger partial charge in [0.15, 0.2) is 0 Å². The molecule has 0 aromatic heterocycles. The Morgan fingerprint density at radius 3 is 2.76 bits per heavy atom. The van der Waals surface area contributed by atoms with E-state index >= 15 is 0 Å². The van der Waals surface area contributed by atoms with Crippen molar-refractivity contribution in [3.63, 3.8) is 0 Å². The fourth-order valence-electron chi connectivity index (χ4n) is 2.17. The van der Waals surface area contributed by atoms with Crippen LogP contribution >= 0.6 is 0 Å². The van der Waals surface area contributed by atoms with E-state index in [2.05, 4.69) is 11.2 Å². The van der Waals surface area contributed by atoms with Gasteiger partial charge in [-0.25, -0.2) is 4.79 Å². The molecule has 1 aromatic carbocycles. The predicted octanol–water partition coefficient (Wildman–Crippen LogP) is 2.01. The van der Waals surface area contributed by atoms with Crippen LogP contribution in [0.4, 0.5) is 4.79 Å². The number of rotatable bonds is 6. The summed E-state index contributed by atoms with van der Waals surface area (Å²) in [7, 11) is 3.23. The summed E-state index contributed by atoms with van der Waals surface area (Å²) in [5, 5.41) is 2.72. The van der Waals surface area contributed by atoms with Gasteiger partial charge < -0.3 is 19.7 Å². The second kappa shape index (κ2) is 6.89. The molecule has 1 saturated carbocycles. The summed E-state index contributed by atoms with van der Waals surface area (Å²) < 4.78 is 10.6. The molecule has 2 rings (SSSR count). The van der Waals surface area contributed by atoms with Crippen LogP contribution in [0.15, 0.2) is 18.2 Å². The van der Waals surface area contributed by atoms with Gasteiger partial charge in [0.2, 0.25) is 0 Å². The predicted molar refractivity (Wildman–Crippen MR) is 80.3 cm³/mol. The largest absolute Gasteiger partial charge is 0.497 e. The molecule has 0 aliphatic heterocycles. The number of hydrogen-bond acceptors (Lipinski definition) is 3. The zero-order valence-electron chi connectivity index (χ0n) is 12.4. The minimum Gasteiger partial charge on any atom is -0.497 e. The Kier molecular flexibility index (Phi) is 4.94. The van der Waals surface area contributed by atoms with Crippen LogP contribution in [0, 0.1) is 12.3 Å². The number of carbonyl (C=O) groups is 1. The van der Waals surface area contributed by atoms with E-state index in [9.17, 15) is 4.79 Å². The van der Waals surface area contributed by atoms with E-state index in [1.807, 2.05) is 18.2 Å². The number of ether oxygens (including phenoxy) is 2. The Balaban J connectivity index is 2.16. The van der Waals surface area contributed by atoms with Gasteiger partial charge in [0.1, 0.15) is 11.5 Å². The Morgan fingerprint density at radius 1 is 1.43 bits per heavy atom. The fourth-order valence-corrected chi connectivity index (χ4v) is 2.17. The number of terminal acetylenes is 1. The molecule has 1 aliphatic carbocycles. The second-order valence-corrected chi connectivity index (χ2v) is 4.90. The van der Waals surface area contributed by atoms with Gasteiger partial charge in [0.25, 0.3) is 0 Å². The van der Waals surface area contributed by atoms with Gasteiger partial charge >= 0.3 is 6.03 Å². The van der Waals surface area contributed by atoms with Crippen molar-refractivity contribution < 1.29 is 14.3 Å². The third kappa shape index (κ3) is 3.82. The standard InChI is InChI=1S/C16H20N2O3/c1-4-9-17-16(19)18(13-5-6-13)11-12-10-14(20-2)7-8-15(12)21-3/h1,7-8,10,13H,5-6,9,11H2,2-3H3,(H,17,19). The van der Waals surface area contributed by atoms with Crippen LogP contribution in [-0.4, -0.2) is 37.7 Å². The van der Waals surface area contributed by atoms with Crippen LogP contribution in [0.3, 0.4) is 0 Å². The Hall–Kier alpha value is -2.35. The van der Waals surface area contributed by atoms with Gasteiger partial charge in [-0.05, 0) is 31.0 Å². The van der Waals surface area contributed by atoms with E-state index in [0.717, 1.165) is 29.9 Å². The molecule has 0 saturated heterocycles. The topological polar surface area (TPSA) is 50.8 Å². The highest BCUT2D eigenvalue weighted by Gasteiger charge is 2.33.